The third-order valence-corrected chi connectivity index (χ3v) is 5.43. The number of phenols is 1. The van der Waals surface area contributed by atoms with Gasteiger partial charge in [-0.2, -0.15) is 8.78 Å². The van der Waals surface area contributed by atoms with Gasteiger partial charge in [0.2, 0.25) is 10.4 Å². The van der Waals surface area contributed by atoms with Crippen molar-refractivity contribution in [3.05, 3.63) is 60.2 Å². The first-order valence-corrected chi connectivity index (χ1v) is 10.8. The van der Waals surface area contributed by atoms with Crippen LogP contribution < -0.4 is 0 Å². The number of aromatic hydroxyl groups is 1. The predicted molar refractivity (Wildman–Crippen MR) is 96.4 cm³/mol. The minimum atomic E-state index is -5.35. The van der Waals surface area contributed by atoms with E-state index in [0.29, 0.717) is 5.75 Å². The van der Waals surface area contributed by atoms with Crippen molar-refractivity contribution in [3.8, 4) is 5.75 Å². The number of halogens is 4. The van der Waals surface area contributed by atoms with Crippen LogP contribution in [0, 0.1) is 0 Å². The lowest BCUT2D eigenvalue weighted by molar-refractivity contribution is -0.148. The van der Waals surface area contributed by atoms with Gasteiger partial charge in [-0.25, -0.2) is 17.2 Å². The minimum Gasteiger partial charge on any atom is -0.726 e. The van der Waals surface area contributed by atoms with Gasteiger partial charge in [-0.1, -0.05) is 30.3 Å². The van der Waals surface area contributed by atoms with Crippen molar-refractivity contribution >= 4 is 21.3 Å². The number of phenolic OH excluding ortho intramolecular Hbond substituents is 1. The summed E-state index contributed by atoms with van der Waals surface area (Å²) < 4.78 is 77.7. The molecule has 0 saturated heterocycles. The summed E-state index contributed by atoms with van der Waals surface area (Å²) in [7, 11) is -5.16. The van der Waals surface area contributed by atoms with Crippen LogP contribution in [0.25, 0.3) is 0 Å². The van der Waals surface area contributed by atoms with Gasteiger partial charge < -0.3 is 9.66 Å². The SMILES string of the molecule is C[S+](Cc1ccccc1)c1ccc(O)cc1.O=S(=O)([O-])OCC(F)(F)C(F)F. The largest absolute Gasteiger partial charge is 0.726 e. The van der Waals surface area contributed by atoms with Crippen LogP contribution in [-0.4, -0.2) is 43.3 Å². The highest BCUT2D eigenvalue weighted by Crippen LogP contribution is 2.23. The average molecular weight is 442 g/mol. The normalized spacial score (nSPS) is 13.0. The fraction of sp³-hybridized carbons (Fsp3) is 0.294. The third-order valence-electron chi connectivity index (χ3n) is 3.18. The maximum Gasteiger partial charge on any atom is 0.331 e. The molecule has 0 saturated carbocycles. The Balaban J connectivity index is 0.000000295. The average Bonchev–Trinajstić information content (AvgIpc) is 2.61. The third kappa shape index (κ3) is 9.40. The van der Waals surface area contributed by atoms with E-state index in [-0.39, 0.29) is 10.9 Å². The molecule has 1 unspecified atom stereocenters. The molecule has 2 rings (SSSR count). The van der Waals surface area contributed by atoms with Crippen molar-refractivity contribution in [3.63, 3.8) is 0 Å². The molecule has 156 valence electrons. The Kier molecular flexibility index (Phi) is 9.21. The summed E-state index contributed by atoms with van der Waals surface area (Å²) in [5, 5.41) is 9.23. The summed E-state index contributed by atoms with van der Waals surface area (Å²) in [4.78, 5) is 1.29. The van der Waals surface area contributed by atoms with E-state index in [1.54, 1.807) is 12.1 Å². The molecule has 2 aromatic rings. The van der Waals surface area contributed by atoms with E-state index in [1.165, 1.54) is 10.5 Å². The van der Waals surface area contributed by atoms with E-state index in [0.717, 1.165) is 5.75 Å². The Morgan fingerprint density at radius 1 is 1.11 bits per heavy atom. The first kappa shape index (κ1) is 24.2. The quantitative estimate of drug-likeness (QED) is 0.307. The lowest BCUT2D eigenvalue weighted by Gasteiger charge is -2.15. The summed E-state index contributed by atoms with van der Waals surface area (Å²) in [6, 6.07) is 18.0. The Morgan fingerprint density at radius 3 is 2.11 bits per heavy atom. The van der Waals surface area contributed by atoms with E-state index in [9.17, 15) is 35.6 Å². The summed E-state index contributed by atoms with van der Waals surface area (Å²) in [6.07, 6.45) is -1.83. The zero-order valence-corrected chi connectivity index (χ0v) is 16.2. The lowest BCUT2D eigenvalue weighted by atomic mass is 10.2. The Labute approximate surface area is 163 Å². The van der Waals surface area contributed by atoms with Gasteiger partial charge in [-0.3, -0.25) is 4.18 Å². The first-order chi connectivity index (χ1) is 12.9. The molecule has 5 nitrogen and oxygen atoms in total. The van der Waals surface area contributed by atoms with Crippen molar-refractivity contribution in [2.45, 2.75) is 23.0 Å². The molecule has 11 heteroatoms. The van der Waals surface area contributed by atoms with E-state index < -0.39 is 29.4 Å². The molecule has 0 spiro atoms. The van der Waals surface area contributed by atoms with Crippen LogP contribution in [0.5, 0.6) is 5.75 Å². The first-order valence-electron chi connectivity index (χ1n) is 7.62. The highest BCUT2D eigenvalue weighted by atomic mass is 32.3. The standard InChI is InChI=1S/C14H14OS.C3H4F4O4S/c1-16(11-12-5-3-2-4-6-12)14-9-7-13(15)8-10-14;4-2(5)3(6,7)1-11-12(8,9)10/h2-10H,11H2,1H3;2H,1H2,(H,8,9,10). The zero-order chi connectivity index (χ0) is 21.4. The van der Waals surface area contributed by atoms with Crippen LogP contribution in [0.3, 0.4) is 0 Å². The summed E-state index contributed by atoms with van der Waals surface area (Å²) in [5.41, 5.74) is 1.36. The molecule has 0 fully saturated rings. The van der Waals surface area contributed by atoms with Gasteiger partial charge in [0, 0.05) is 16.5 Å². The van der Waals surface area contributed by atoms with Crippen LogP contribution in [0.1, 0.15) is 5.56 Å². The molecule has 0 aliphatic carbocycles. The lowest BCUT2D eigenvalue weighted by Crippen LogP contribution is -2.33. The molecule has 0 bridgehead atoms. The van der Waals surface area contributed by atoms with Gasteiger partial charge in [0.25, 0.3) is 0 Å². The predicted octanol–water partition coefficient (Wildman–Crippen LogP) is 3.56. The van der Waals surface area contributed by atoms with Gasteiger partial charge in [0.15, 0.2) is 4.90 Å². The number of alkyl halides is 4. The van der Waals surface area contributed by atoms with Crippen LogP contribution in [0.2, 0.25) is 0 Å². The highest BCUT2D eigenvalue weighted by molar-refractivity contribution is 7.95. The van der Waals surface area contributed by atoms with E-state index in [4.69, 9.17) is 0 Å². The minimum absolute atomic E-state index is 0.196. The number of benzene rings is 2. The molecular formula is C17H18F4O5S2. The summed E-state index contributed by atoms with van der Waals surface area (Å²) in [6.45, 7) is -2.14. The van der Waals surface area contributed by atoms with Crippen LogP contribution in [0.15, 0.2) is 59.5 Å². The number of rotatable bonds is 7. The van der Waals surface area contributed by atoms with Gasteiger partial charge in [0.05, 0.1) is 0 Å². The molecule has 0 aromatic heterocycles. The van der Waals surface area contributed by atoms with Crippen molar-refractivity contribution < 1.29 is 39.8 Å². The van der Waals surface area contributed by atoms with Crippen LogP contribution in [0.4, 0.5) is 17.6 Å². The molecule has 0 heterocycles. The van der Waals surface area contributed by atoms with E-state index in [2.05, 4.69) is 34.7 Å². The maximum absolute atomic E-state index is 11.8. The van der Waals surface area contributed by atoms with Gasteiger partial charge in [-0.15, -0.1) is 0 Å². The molecule has 2 aromatic carbocycles. The topological polar surface area (TPSA) is 86.7 Å². The molecule has 0 aliphatic rings. The summed E-state index contributed by atoms with van der Waals surface area (Å²) in [5.74, 6) is -3.23. The second-order valence-electron chi connectivity index (χ2n) is 5.49. The fourth-order valence-corrected chi connectivity index (χ4v) is 3.56. The molecule has 28 heavy (non-hydrogen) atoms. The second-order valence-corrected chi connectivity index (χ2v) is 8.58. The molecule has 0 amide bonds. The number of hydrogen-bond donors (Lipinski definition) is 1. The molecular weight excluding hydrogens is 424 g/mol. The smallest absolute Gasteiger partial charge is 0.331 e. The van der Waals surface area contributed by atoms with Gasteiger partial charge in [0.1, 0.15) is 24.4 Å². The molecule has 1 atom stereocenters. The molecule has 1 N–H and O–H groups in total. The van der Waals surface area contributed by atoms with Gasteiger partial charge >= 0.3 is 12.3 Å². The Hall–Kier alpha value is -1.82. The van der Waals surface area contributed by atoms with Crippen molar-refractivity contribution in [2.75, 3.05) is 12.9 Å². The Bertz CT molecular complexity index is 815. The second kappa shape index (κ2) is 10.6. The van der Waals surface area contributed by atoms with E-state index in [1.807, 2.05) is 18.2 Å². The molecule has 0 aliphatic heterocycles. The number of hydrogen-bond acceptors (Lipinski definition) is 5. The summed E-state index contributed by atoms with van der Waals surface area (Å²) >= 11 is 0. The molecule has 0 radical (unpaired) electrons. The van der Waals surface area contributed by atoms with Gasteiger partial charge in [-0.05, 0) is 24.3 Å². The van der Waals surface area contributed by atoms with Crippen LogP contribution in [-0.2, 0) is 31.2 Å². The maximum atomic E-state index is 11.8. The Morgan fingerprint density at radius 2 is 1.64 bits per heavy atom. The van der Waals surface area contributed by atoms with Crippen LogP contribution >= 0.6 is 0 Å². The van der Waals surface area contributed by atoms with Crippen molar-refractivity contribution in [2.24, 2.45) is 0 Å². The van der Waals surface area contributed by atoms with E-state index >= 15 is 0 Å². The van der Waals surface area contributed by atoms with Crippen molar-refractivity contribution in [1.82, 2.24) is 0 Å². The van der Waals surface area contributed by atoms with Crippen molar-refractivity contribution in [1.29, 1.82) is 0 Å². The fourth-order valence-electron chi connectivity index (χ4n) is 1.80. The monoisotopic (exact) mass is 442 g/mol. The highest BCUT2D eigenvalue weighted by Gasteiger charge is 2.41. The zero-order valence-electron chi connectivity index (χ0n) is 14.6.